The molecule has 0 unspecified atom stereocenters. The average Bonchev–Trinajstić information content (AvgIpc) is 3.21. The van der Waals surface area contributed by atoms with Crippen LogP contribution in [-0.4, -0.2) is 41.3 Å². The molecule has 2 heterocycles. The normalized spacial score (nSPS) is 19.3. The molecule has 1 amide bonds. The highest BCUT2D eigenvalue weighted by atomic mass is 32.2. The molecule has 0 saturated carbocycles. The van der Waals surface area contributed by atoms with E-state index in [1.807, 2.05) is 6.07 Å². The number of rotatable bonds is 6. The van der Waals surface area contributed by atoms with Crippen molar-refractivity contribution in [2.24, 2.45) is 5.92 Å². The summed E-state index contributed by atoms with van der Waals surface area (Å²) < 4.78 is 28.6. The van der Waals surface area contributed by atoms with E-state index in [1.54, 1.807) is 31.2 Å². The quantitative estimate of drug-likeness (QED) is 0.722. The van der Waals surface area contributed by atoms with Crippen molar-refractivity contribution in [1.82, 2.24) is 10.2 Å². The molecular weight excluding hydrogens is 388 g/mol. The summed E-state index contributed by atoms with van der Waals surface area (Å²) in [6.07, 6.45) is 1.02. The molecule has 1 fully saturated rings. The third kappa shape index (κ3) is 5.08. The minimum Gasteiger partial charge on any atom is -0.416 e. The molecule has 1 aliphatic rings. The molecule has 27 heavy (non-hydrogen) atoms. The second-order valence-corrected chi connectivity index (χ2v) is 9.86. The van der Waals surface area contributed by atoms with Crippen molar-refractivity contribution in [1.29, 1.82) is 5.26 Å². The van der Waals surface area contributed by atoms with Crippen molar-refractivity contribution in [2.45, 2.75) is 30.2 Å². The summed E-state index contributed by atoms with van der Waals surface area (Å²) in [5.74, 6) is 0.437. The standard InChI is InChI=1S/C17H18N4O4S2/c1-11(16(22)19-14-5-3-2-4-13(14)9-18)26-17-21-20-15(25-17)8-12-6-7-27(23,24)10-12/h2-5,11-12H,6-8,10H2,1H3,(H,19,22)/t11-,12-/m0/s1. The first-order chi connectivity index (χ1) is 12.9. The first kappa shape index (κ1) is 19.4. The van der Waals surface area contributed by atoms with Crippen LogP contribution in [0.1, 0.15) is 24.8 Å². The molecule has 10 heteroatoms. The summed E-state index contributed by atoms with van der Waals surface area (Å²) in [7, 11) is -2.95. The zero-order valence-electron chi connectivity index (χ0n) is 14.6. The van der Waals surface area contributed by atoms with E-state index in [0.29, 0.717) is 30.0 Å². The van der Waals surface area contributed by atoms with Gasteiger partial charge in [0.2, 0.25) is 11.8 Å². The fourth-order valence-corrected chi connectivity index (χ4v) is 5.34. The van der Waals surface area contributed by atoms with E-state index in [1.165, 1.54) is 0 Å². The molecular formula is C17H18N4O4S2. The van der Waals surface area contributed by atoms with Gasteiger partial charge in [0.15, 0.2) is 9.84 Å². The largest absolute Gasteiger partial charge is 0.416 e. The Labute approximate surface area is 161 Å². The number of hydrogen-bond donors (Lipinski definition) is 1. The van der Waals surface area contributed by atoms with Gasteiger partial charge in [0.25, 0.3) is 5.22 Å². The number of benzene rings is 1. The Bertz CT molecular complexity index is 981. The van der Waals surface area contributed by atoms with Crippen LogP contribution in [0.2, 0.25) is 0 Å². The van der Waals surface area contributed by atoms with Crippen molar-refractivity contribution in [3.05, 3.63) is 35.7 Å². The zero-order chi connectivity index (χ0) is 19.4. The Morgan fingerprint density at radius 2 is 2.22 bits per heavy atom. The molecule has 1 N–H and O–H groups in total. The number of nitrogens with one attached hydrogen (secondary N) is 1. The predicted octanol–water partition coefficient (Wildman–Crippen LogP) is 2.04. The smallest absolute Gasteiger partial charge is 0.277 e. The molecule has 1 aliphatic heterocycles. The number of aromatic nitrogens is 2. The lowest BCUT2D eigenvalue weighted by Crippen LogP contribution is -2.22. The van der Waals surface area contributed by atoms with Gasteiger partial charge >= 0.3 is 0 Å². The van der Waals surface area contributed by atoms with Crippen LogP contribution in [0.3, 0.4) is 0 Å². The molecule has 2 atom stereocenters. The fourth-order valence-electron chi connectivity index (χ4n) is 2.78. The van der Waals surface area contributed by atoms with E-state index in [4.69, 9.17) is 9.68 Å². The van der Waals surface area contributed by atoms with Gasteiger partial charge < -0.3 is 9.73 Å². The highest BCUT2D eigenvalue weighted by Gasteiger charge is 2.29. The molecule has 0 aliphatic carbocycles. The number of para-hydroxylation sites is 1. The summed E-state index contributed by atoms with van der Waals surface area (Å²) in [6.45, 7) is 1.70. The van der Waals surface area contributed by atoms with E-state index >= 15 is 0 Å². The van der Waals surface area contributed by atoms with Gasteiger partial charge in [-0.15, -0.1) is 10.2 Å². The van der Waals surface area contributed by atoms with Gasteiger partial charge in [-0.3, -0.25) is 4.79 Å². The summed E-state index contributed by atoms with van der Waals surface area (Å²) in [6, 6.07) is 8.78. The number of nitrogens with zero attached hydrogens (tertiary/aromatic N) is 3. The van der Waals surface area contributed by atoms with Crippen molar-refractivity contribution in [2.75, 3.05) is 16.8 Å². The van der Waals surface area contributed by atoms with E-state index in [2.05, 4.69) is 15.5 Å². The lowest BCUT2D eigenvalue weighted by atomic mass is 10.1. The number of anilines is 1. The van der Waals surface area contributed by atoms with E-state index in [0.717, 1.165) is 11.8 Å². The van der Waals surface area contributed by atoms with Crippen LogP contribution in [0, 0.1) is 17.2 Å². The highest BCUT2D eigenvalue weighted by molar-refractivity contribution is 8.00. The minimum absolute atomic E-state index is 0.00324. The number of sulfone groups is 1. The van der Waals surface area contributed by atoms with Crippen LogP contribution in [-0.2, 0) is 21.1 Å². The molecule has 142 valence electrons. The number of carbonyl (C=O) groups excluding carboxylic acids is 1. The summed E-state index contributed by atoms with van der Waals surface area (Å²) in [5, 5.41) is 19.4. The van der Waals surface area contributed by atoms with Crippen molar-refractivity contribution < 1.29 is 17.6 Å². The first-order valence-corrected chi connectivity index (χ1v) is 11.1. The Hall–Kier alpha value is -2.38. The number of carbonyl (C=O) groups is 1. The van der Waals surface area contributed by atoms with Crippen LogP contribution in [0.25, 0.3) is 0 Å². The molecule has 1 aromatic heterocycles. The first-order valence-electron chi connectivity index (χ1n) is 8.36. The molecule has 8 nitrogen and oxygen atoms in total. The molecule has 0 radical (unpaired) electrons. The predicted molar refractivity (Wildman–Crippen MR) is 99.9 cm³/mol. The van der Waals surface area contributed by atoms with Crippen LogP contribution in [0.5, 0.6) is 0 Å². The second kappa shape index (κ2) is 8.10. The van der Waals surface area contributed by atoms with E-state index in [9.17, 15) is 13.2 Å². The van der Waals surface area contributed by atoms with Gasteiger partial charge in [-0.05, 0) is 31.4 Å². The van der Waals surface area contributed by atoms with Gasteiger partial charge in [-0.2, -0.15) is 5.26 Å². The highest BCUT2D eigenvalue weighted by Crippen LogP contribution is 2.26. The summed E-state index contributed by atoms with van der Waals surface area (Å²) >= 11 is 1.11. The van der Waals surface area contributed by atoms with Crippen molar-refractivity contribution >= 4 is 33.2 Å². The summed E-state index contributed by atoms with van der Waals surface area (Å²) in [5.41, 5.74) is 0.834. The number of amides is 1. The Morgan fingerprint density at radius 1 is 1.44 bits per heavy atom. The molecule has 0 bridgehead atoms. The molecule has 1 aromatic carbocycles. The zero-order valence-corrected chi connectivity index (χ0v) is 16.2. The van der Waals surface area contributed by atoms with Crippen LogP contribution < -0.4 is 5.32 Å². The van der Waals surface area contributed by atoms with Crippen molar-refractivity contribution in [3.8, 4) is 6.07 Å². The maximum atomic E-state index is 12.3. The maximum absolute atomic E-state index is 12.3. The molecule has 0 spiro atoms. The van der Waals surface area contributed by atoms with Crippen LogP contribution in [0.15, 0.2) is 33.9 Å². The van der Waals surface area contributed by atoms with Crippen LogP contribution in [0.4, 0.5) is 5.69 Å². The Kier molecular flexibility index (Phi) is 5.82. The lowest BCUT2D eigenvalue weighted by molar-refractivity contribution is -0.115. The Balaban J connectivity index is 1.56. The topological polar surface area (TPSA) is 126 Å². The monoisotopic (exact) mass is 406 g/mol. The van der Waals surface area contributed by atoms with E-state index < -0.39 is 15.1 Å². The van der Waals surface area contributed by atoms with Gasteiger partial charge in [0.1, 0.15) is 6.07 Å². The van der Waals surface area contributed by atoms with Crippen LogP contribution >= 0.6 is 11.8 Å². The summed E-state index contributed by atoms with van der Waals surface area (Å²) in [4.78, 5) is 12.3. The number of hydrogen-bond acceptors (Lipinski definition) is 8. The van der Waals surface area contributed by atoms with Gasteiger partial charge in [0, 0.05) is 6.42 Å². The maximum Gasteiger partial charge on any atom is 0.277 e. The molecule has 1 saturated heterocycles. The van der Waals surface area contributed by atoms with Crippen molar-refractivity contribution in [3.63, 3.8) is 0 Å². The molecule has 2 aromatic rings. The van der Waals surface area contributed by atoms with Gasteiger partial charge in [-0.1, -0.05) is 23.9 Å². The average molecular weight is 406 g/mol. The third-order valence-corrected chi connectivity index (χ3v) is 6.96. The number of nitriles is 1. The molecule has 3 rings (SSSR count). The lowest BCUT2D eigenvalue weighted by Gasteiger charge is -2.10. The fraction of sp³-hybridized carbons (Fsp3) is 0.412. The Morgan fingerprint density at radius 3 is 2.93 bits per heavy atom. The number of thioether (sulfide) groups is 1. The SMILES string of the molecule is C[C@H](Sc1nnc(C[C@@H]2CCS(=O)(=O)C2)o1)C(=O)Nc1ccccc1C#N. The van der Waals surface area contributed by atoms with Gasteiger partial charge in [-0.25, -0.2) is 8.42 Å². The minimum atomic E-state index is -2.95. The van der Waals surface area contributed by atoms with Gasteiger partial charge in [0.05, 0.1) is 28.0 Å². The second-order valence-electron chi connectivity index (χ2n) is 6.34. The third-order valence-electron chi connectivity index (χ3n) is 4.19. The van der Waals surface area contributed by atoms with E-state index in [-0.39, 0.29) is 28.6 Å².